The van der Waals surface area contributed by atoms with Gasteiger partial charge in [-0.1, -0.05) is 41.6 Å². The van der Waals surface area contributed by atoms with Crippen molar-refractivity contribution in [2.75, 3.05) is 25.7 Å². The number of rotatable bonds is 7. The molecule has 0 bridgehead atoms. The van der Waals surface area contributed by atoms with Crippen LogP contribution in [0.4, 0.5) is 5.82 Å². The zero-order valence-corrected chi connectivity index (χ0v) is 18.8. The van der Waals surface area contributed by atoms with Crippen molar-refractivity contribution in [2.45, 2.75) is 5.03 Å². The first-order valence-corrected chi connectivity index (χ1v) is 10.6. The molecule has 0 unspecified atom stereocenters. The molecule has 0 aliphatic rings. The first-order chi connectivity index (χ1) is 15.4. The molecule has 2 N–H and O–H groups in total. The van der Waals surface area contributed by atoms with Crippen LogP contribution in [0.5, 0.6) is 11.5 Å². The van der Waals surface area contributed by atoms with Gasteiger partial charge in [0.2, 0.25) is 0 Å². The van der Waals surface area contributed by atoms with Gasteiger partial charge < -0.3 is 15.2 Å². The van der Waals surface area contributed by atoms with Crippen molar-refractivity contribution in [3.8, 4) is 34.8 Å². The molecule has 0 saturated heterocycles. The number of hydrogen-bond donors (Lipinski definition) is 1. The summed E-state index contributed by atoms with van der Waals surface area (Å²) >= 11 is 7.37. The fourth-order valence-corrected chi connectivity index (χ4v) is 4.19. The number of aromatic nitrogens is 1. The number of nitriles is 2. The van der Waals surface area contributed by atoms with E-state index in [1.165, 1.54) is 14.2 Å². The molecule has 0 aliphatic heterocycles. The van der Waals surface area contributed by atoms with Crippen LogP contribution in [0.25, 0.3) is 11.1 Å². The third kappa shape index (κ3) is 4.47. The predicted octanol–water partition coefficient (Wildman–Crippen LogP) is 4.72. The molecule has 7 nitrogen and oxygen atoms in total. The smallest absolute Gasteiger partial charge is 0.176 e. The monoisotopic (exact) mass is 464 g/mol. The molecule has 160 valence electrons. The normalized spacial score (nSPS) is 10.2. The van der Waals surface area contributed by atoms with Gasteiger partial charge in [0.05, 0.1) is 31.1 Å². The average Bonchev–Trinajstić information content (AvgIpc) is 2.81. The minimum Gasteiger partial charge on any atom is -0.497 e. The van der Waals surface area contributed by atoms with E-state index in [9.17, 15) is 15.3 Å². The van der Waals surface area contributed by atoms with Gasteiger partial charge in [-0.2, -0.15) is 10.5 Å². The molecule has 32 heavy (non-hydrogen) atoms. The van der Waals surface area contributed by atoms with Crippen LogP contribution < -0.4 is 15.2 Å². The van der Waals surface area contributed by atoms with Gasteiger partial charge in [0, 0.05) is 16.1 Å². The molecule has 0 fully saturated rings. The summed E-state index contributed by atoms with van der Waals surface area (Å²) in [4.78, 5) is 17.1. The second-order valence-electron chi connectivity index (χ2n) is 6.41. The Kier molecular flexibility index (Phi) is 7.21. The van der Waals surface area contributed by atoms with Crippen molar-refractivity contribution in [1.29, 1.82) is 10.5 Å². The average molecular weight is 465 g/mol. The lowest BCUT2D eigenvalue weighted by Gasteiger charge is -2.14. The Labute approximate surface area is 194 Å². The molecule has 9 heteroatoms. The van der Waals surface area contributed by atoms with Crippen LogP contribution in [0.15, 0.2) is 47.5 Å². The highest BCUT2D eigenvalue weighted by molar-refractivity contribution is 8.00. The SMILES string of the molecule is COc1ccc(OC)c(C(=O)CSc2nc(N)c(C#N)c(-c3ccccc3Cl)c2C#N)c1. The lowest BCUT2D eigenvalue weighted by Crippen LogP contribution is -2.08. The van der Waals surface area contributed by atoms with E-state index in [0.717, 1.165) is 11.8 Å². The summed E-state index contributed by atoms with van der Waals surface area (Å²) in [5, 5.41) is 20.1. The Morgan fingerprint density at radius 1 is 1.12 bits per heavy atom. The van der Waals surface area contributed by atoms with Crippen molar-refractivity contribution in [3.63, 3.8) is 0 Å². The van der Waals surface area contributed by atoms with E-state index in [4.69, 9.17) is 26.8 Å². The summed E-state index contributed by atoms with van der Waals surface area (Å²) in [5.74, 6) is 0.576. The fourth-order valence-electron chi connectivity index (χ4n) is 3.08. The minimum atomic E-state index is -0.251. The van der Waals surface area contributed by atoms with Gasteiger partial charge in [-0.15, -0.1) is 0 Å². The number of Topliss-reactive ketones (excluding diaryl/α,β-unsaturated/α-hetero) is 1. The van der Waals surface area contributed by atoms with Crippen LogP contribution in [0.1, 0.15) is 21.5 Å². The van der Waals surface area contributed by atoms with Crippen LogP contribution in [-0.2, 0) is 0 Å². The molecular weight excluding hydrogens is 448 g/mol. The standard InChI is InChI=1S/C23H17ClN4O3S/c1-30-13-7-8-20(31-2)15(9-13)19(29)12-32-23-17(11-26)21(16(10-25)22(27)28-23)14-5-3-4-6-18(14)24/h3-9H,12H2,1-2H3,(H2,27,28). The van der Waals surface area contributed by atoms with Crippen molar-refractivity contribution in [1.82, 2.24) is 4.98 Å². The Morgan fingerprint density at radius 2 is 1.84 bits per heavy atom. The number of thioether (sulfide) groups is 1. The summed E-state index contributed by atoms with van der Waals surface area (Å²) in [5.41, 5.74) is 7.32. The largest absolute Gasteiger partial charge is 0.497 e. The third-order valence-electron chi connectivity index (χ3n) is 4.61. The summed E-state index contributed by atoms with van der Waals surface area (Å²) < 4.78 is 10.5. The quantitative estimate of drug-likeness (QED) is 0.393. The molecule has 1 heterocycles. The molecular formula is C23H17ClN4O3S. The number of carbonyl (C=O) groups excluding carboxylic acids is 1. The van der Waals surface area contributed by atoms with E-state index >= 15 is 0 Å². The number of nitrogens with two attached hydrogens (primary N) is 1. The summed E-state index contributed by atoms with van der Waals surface area (Å²) in [6.45, 7) is 0. The number of ether oxygens (including phenoxy) is 2. The highest BCUT2D eigenvalue weighted by Crippen LogP contribution is 2.39. The Morgan fingerprint density at radius 3 is 2.47 bits per heavy atom. The van der Waals surface area contributed by atoms with Crippen molar-refractivity contribution in [3.05, 3.63) is 64.2 Å². The molecule has 0 amide bonds. The van der Waals surface area contributed by atoms with Crippen molar-refractivity contribution < 1.29 is 14.3 Å². The van der Waals surface area contributed by atoms with Gasteiger partial charge in [-0.05, 0) is 24.3 Å². The molecule has 0 radical (unpaired) electrons. The van der Waals surface area contributed by atoms with Crippen LogP contribution in [0.2, 0.25) is 5.02 Å². The highest BCUT2D eigenvalue weighted by Gasteiger charge is 2.23. The number of carbonyl (C=O) groups is 1. The van der Waals surface area contributed by atoms with E-state index < -0.39 is 0 Å². The topological polar surface area (TPSA) is 122 Å². The minimum absolute atomic E-state index is 0.0431. The number of methoxy groups -OCH3 is 2. The van der Waals surface area contributed by atoms with E-state index in [0.29, 0.717) is 33.2 Å². The number of benzene rings is 2. The van der Waals surface area contributed by atoms with E-state index in [2.05, 4.69) is 11.1 Å². The first kappa shape index (κ1) is 23.0. The number of nitrogens with zero attached hydrogens (tertiary/aromatic N) is 3. The number of pyridine rings is 1. The van der Waals surface area contributed by atoms with Gasteiger partial charge in [0.25, 0.3) is 0 Å². The van der Waals surface area contributed by atoms with Crippen molar-refractivity contribution >= 4 is 35.0 Å². The number of ketones is 1. The predicted molar refractivity (Wildman–Crippen MR) is 123 cm³/mol. The summed E-state index contributed by atoms with van der Waals surface area (Å²) in [6.07, 6.45) is 0. The fraction of sp³-hybridized carbons (Fsp3) is 0.130. The van der Waals surface area contributed by atoms with Gasteiger partial charge in [-0.25, -0.2) is 4.98 Å². The molecule has 0 spiro atoms. The maximum atomic E-state index is 12.9. The van der Waals surface area contributed by atoms with Crippen LogP contribution >= 0.6 is 23.4 Å². The zero-order chi connectivity index (χ0) is 23.3. The molecule has 3 rings (SSSR count). The summed E-state index contributed by atoms with van der Waals surface area (Å²) in [7, 11) is 2.97. The second-order valence-corrected chi connectivity index (χ2v) is 7.78. The third-order valence-corrected chi connectivity index (χ3v) is 5.91. The molecule has 0 atom stereocenters. The van der Waals surface area contributed by atoms with E-state index in [1.807, 2.05) is 6.07 Å². The Hall–Kier alpha value is -3.72. The van der Waals surface area contributed by atoms with Gasteiger partial charge in [0.15, 0.2) is 5.78 Å². The first-order valence-electron chi connectivity index (χ1n) is 9.21. The van der Waals surface area contributed by atoms with Gasteiger partial charge in [-0.3, -0.25) is 4.79 Å². The maximum absolute atomic E-state index is 12.9. The number of nitrogen functional groups attached to an aromatic ring is 1. The molecule has 3 aromatic rings. The molecule has 1 aromatic heterocycles. The number of anilines is 1. The second kappa shape index (κ2) is 10.1. The van der Waals surface area contributed by atoms with Crippen LogP contribution in [0, 0.1) is 22.7 Å². The van der Waals surface area contributed by atoms with Crippen molar-refractivity contribution in [2.24, 2.45) is 0 Å². The zero-order valence-electron chi connectivity index (χ0n) is 17.2. The lowest BCUT2D eigenvalue weighted by molar-refractivity contribution is 0.101. The van der Waals surface area contributed by atoms with E-state index in [-0.39, 0.29) is 33.5 Å². The molecule has 2 aromatic carbocycles. The molecule has 0 aliphatic carbocycles. The highest BCUT2D eigenvalue weighted by atomic mass is 35.5. The van der Waals surface area contributed by atoms with Gasteiger partial charge >= 0.3 is 0 Å². The Bertz CT molecular complexity index is 1280. The number of hydrogen-bond acceptors (Lipinski definition) is 8. The lowest BCUT2D eigenvalue weighted by atomic mass is 9.97. The van der Waals surface area contributed by atoms with Crippen LogP contribution in [0.3, 0.4) is 0 Å². The van der Waals surface area contributed by atoms with Gasteiger partial charge in [0.1, 0.15) is 40.0 Å². The maximum Gasteiger partial charge on any atom is 0.176 e. The van der Waals surface area contributed by atoms with E-state index in [1.54, 1.807) is 42.5 Å². The number of halogens is 1. The van der Waals surface area contributed by atoms with Crippen LogP contribution in [-0.4, -0.2) is 30.7 Å². The Balaban J connectivity index is 2.04. The molecule has 0 saturated carbocycles. The summed E-state index contributed by atoms with van der Waals surface area (Å²) in [6, 6.07) is 15.8.